The molecular formula is C24H31NO9. The smallest absolute Gasteiger partial charge is 0.342 e. The van der Waals surface area contributed by atoms with Crippen LogP contribution in [0, 0.1) is 5.92 Å². The summed E-state index contributed by atoms with van der Waals surface area (Å²) >= 11 is 0. The lowest BCUT2D eigenvalue weighted by atomic mass is 9.99. The number of aliphatic hydroxyl groups is 3. The van der Waals surface area contributed by atoms with Gasteiger partial charge in [0.1, 0.15) is 42.0 Å². The quantitative estimate of drug-likeness (QED) is 0.384. The number of ether oxygens (including phenoxy) is 2. The molecule has 1 aliphatic heterocycles. The first kappa shape index (κ1) is 27.0. The number of benzene rings is 1. The van der Waals surface area contributed by atoms with Crippen LogP contribution in [0.2, 0.25) is 0 Å². The molecule has 1 aromatic carbocycles. The fourth-order valence-electron chi connectivity index (χ4n) is 3.06. The van der Waals surface area contributed by atoms with Crippen molar-refractivity contribution in [3.8, 4) is 11.5 Å². The largest absolute Gasteiger partial charge is 0.507 e. The number of rotatable bonds is 5. The average Bonchev–Trinajstić information content (AvgIpc) is 2.77. The van der Waals surface area contributed by atoms with Gasteiger partial charge in [0, 0.05) is 25.5 Å². The zero-order chi connectivity index (χ0) is 25.4. The summed E-state index contributed by atoms with van der Waals surface area (Å²) < 4.78 is 11.0. The number of cyclic esters (lactones) is 1. The van der Waals surface area contributed by atoms with E-state index < -0.39 is 47.8 Å². The van der Waals surface area contributed by atoms with Crippen molar-refractivity contribution < 1.29 is 44.3 Å². The van der Waals surface area contributed by atoms with Gasteiger partial charge in [0.05, 0.1) is 6.10 Å². The number of phenolic OH excluding ortho intramolecular Hbond substituents is 1. The molecule has 5 N–H and O–H groups in total. The van der Waals surface area contributed by atoms with Crippen LogP contribution in [0.25, 0.3) is 6.08 Å². The molecule has 1 aromatic rings. The molecule has 186 valence electrons. The Labute approximate surface area is 197 Å². The molecule has 0 radical (unpaired) electrons. The third kappa shape index (κ3) is 7.68. The van der Waals surface area contributed by atoms with Crippen molar-refractivity contribution >= 4 is 23.7 Å². The number of carbonyl (C=O) groups is 3. The minimum Gasteiger partial charge on any atom is -0.507 e. The molecule has 0 aromatic heterocycles. The van der Waals surface area contributed by atoms with Crippen molar-refractivity contribution in [3.05, 3.63) is 41.5 Å². The highest BCUT2D eigenvalue weighted by Gasteiger charge is 2.25. The minimum absolute atomic E-state index is 0.0259. The number of fused-ring (bicyclic) bond motifs is 1. The van der Waals surface area contributed by atoms with Gasteiger partial charge in [-0.1, -0.05) is 25.2 Å². The Kier molecular flexibility index (Phi) is 9.79. The van der Waals surface area contributed by atoms with Gasteiger partial charge in [0.2, 0.25) is 5.91 Å². The van der Waals surface area contributed by atoms with Crippen molar-refractivity contribution in [1.82, 2.24) is 5.32 Å². The predicted octanol–water partition coefficient (Wildman–Crippen LogP) is 0.713. The van der Waals surface area contributed by atoms with Crippen LogP contribution < -0.4 is 10.1 Å². The summed E-state index contributed by atoms with van der Waals surface area (Å²) in [6.45, 7) is 4.42. The maximum Gasteiger partial charge on any atom is 0.342 e. The lowest BCUT2D eigenvalue weighted by Gasteiger charge is -2.20. The van der Waals surface area contributed by atoms with Gasteiger partial charge in [0.15, 0.2) is 5.78 Å². The second-order valence-electron chi connectivity index (χ2n) is 8.19. The van der Waals surface area contributed by atoms with E-state index in [9.17, 15) is 34.8 Å². The number of nitrogens with one attached hydrogen (secondary N) is 1. The number of carbonyl (C=O) groups excluding carboxylic acids is 3. The van der Waals surface area contributed by atoms with E-state index in [1.54, 1.807) is 13.8 Å². The summed E-state index contributed by atoms with van der Waals surface area (Å²) in [5.41, 5.74) is 0.0745. The standard InChI is InChI=1S/C24H31NO9/c1-13-7-8-20(29)23(31)19(28)6-4-5-16-9-18(33-12-17(27)11-25-15(3)26)10-21(30)22(16)24(32)34-14(13)2/h4-5,7-10,13-14,17,19,23,27-28,30-31H,6,11-12H2,1-3H3,(H,25,26)/b5-4+,8-7-/t13-,14?,17?,19?,23?/m1/s1. The Morgan fingerprint density at radius 1 is 1.24 bits per heavy atom. The van der Waals surface area contributed by atoms with Gasteiger partial charge in [-0.2, -0.15) is 0 Å². The predicted molar refractivity (Wildman–Crippen MR) is 122 cm³/mol. The number of aliphatic hydroxyl groups excluding tert-OH is 3. The molecular weight excluding hydrogens is 446 g/mol. The molecule has 4 unspecified atom stereocenters. The van der Waals surface area contributed by atoms with Gasteiger partial charge in [-0.15, -0.1) is 0 Å². The number of esters is 1. The molecule has 1 aliphatic rings. The first-order chi connectivity index (χ1) is 16.0. The van der Waals surface area contributed by atoms with Gasteiger partial charge >= 0.3 is 5.97 Å². The molecule has 34 heavy (non-hydrogen) atoms. The van der Waals surface area contributed by atoms with Crippen LogP contribution in [0.3, 0.4) is 0 Å². The van der Waals surface area contributed by atoms with E-state index in [1.807, 2.05) is 0 Å². The topological polar surface area (TPSA) is 163 Å². The zero-order valence-electron chi connectivity index (χ0n) is 19.3. The molecule has 0 fully saturated rings. The molecule has 10 heteroatoms. The third-order valence-electron chi connectivity index (χ3n) is 5.28. The summed E-state index contributed by atoms with van der Waals surface area (Å²) in [5.74, 6) is -2.46. The van der Waals surface area contributed by atoms with E-state index in [4.69, 9.17) is 9.47 Å². The van der Waals surface area contributed by atoms with Crippen LogP contribution in [0.4, 0.5) is 0 Å². The Morgan fingerprint density at radius 3 is 2.62 bits per heavy atom. The zero-order valence-corrected chi connectivity index (χ0v) is 19.3. The molecule has 0 saturated carbocycles. The fraction of sp³-hybridized carbons (Fsp3) is 0.458. The van der Waals surface area contributed by atoms with Crippen molar-refractivity contribution in [2.75, 3.05) is 13.2 Å². The van der Waals surface area contributed by atoms with Crippen molar-refractivity contribution in [1.29, 1.82) is 0 Å². The Balaban J connectivity index is 2.35. The maximum atomic E-state index is 12.8. The van der Waals surface area contributed by atoms with Gasteiger partial charge in [0.25, 0.3) is 0 Å². The van der Waals surface area contributed by atoms with Crippen LogP contribution in [-0.4, -0.2) is 75.7 Å². The first-order valence-electron chi connectivity index (χ1n) is 10.9. The van der Waals surface area contributed by atoms with Crippen LogP contribution in [0.15, 0.2) is 30.4 Å². The van der Waals surface area contributed by atoms with Crippen LogP contribution in [0.5, 0.6) is 11.5 Å². The Morgan fingerprint density at radius 2 is 1.94 bits per heavy atom. The molecule has 10 nitrogen and oxygen atoms in total. The number of ketones is 1. The SMILES string of the molecule is CC(=O)NCC(O)COc1cc(O)c2c(c1)/C=C/CC(O)C(O)C(=O)/C=C\[C@@H](C)C(C)OC2=O. The molecule has 0 spiro atoms. The monoisotopic (exact) mass is 477 g/mol. The molecule has 1 heterocycles. The highest BCUT2D eigenvalue weighted by molar-refractivity contribution is 5.97. The summed E-state index contributed by atoms with van der Waals surface area (Å²) in [6.07, 6.45) is 0.690. The number of hydrogen-bond acceptors (Lipinski definition) is 9. The van der Waals surface area contributed by atoms with E-state index in [0.717, 1.165) is 6.08 Å². The highest BCUT2D eigenvalue weighted by Crippen LogP contribution is 2.31. The Hall–Kier alpha value is -3.21. The summed E-state index contributed by atoms with van der Waals surface area (Å²) in [4.78, 5) is 35.9. The second-order valence-corrected chi connectivity index (χ2v) is 8.19. The highest BCUT2D eigenvalue weighted by atomic mass is 16.5. The van der Waals surface area contributed by atoms with Gasteiger partial charge in [-0.25, -0.2) is 4.79 Å². The molecule has 5 atom stereocenters. The molecule has 0 aliphatic carbocycles. The van der Waals surface area contributed by atoms with Gasteiger partial charge in [-0.05, 0) is 31.1 Å². The van der Waals surface area contributed by atoms with Crippen molar-refractivity contribution in [3.63, 3.8) is 0 Å². The van der Waals surface area contributed by atoms with Crippen LogP contribution in [0.1, 0.15) is 43.1 Å². The molecule has 0 saturated heterocycles. The lowest BCUT2D eigenvalue weighted by Crippen LogP contribution is -2.33. The summed E-state index contributed by atoms with van der Waals surface area (Å²) in [6, 6.07) is 2.64. The molecule has 0 bridgehead atoms. The normalized spacial score (nSPS) is 26.4. The van der Waals surface area contributed by atoms with Crippen molar-refractivity contribution in [2.45, 2.75) is 51.6 Å². The maximum absolute atomic E-state index is 12.8. The molecule has 2 rings (SSSR count). The second kappa shape index (κ2) is 12.3. The van der Waals surface area contributed by atoms with Crippen molar-refractivity contribution in [2.24, 2.45) is 5.92 Å². The summed E-state index contributed by atoms with van der Waals surface area (Å²) in [7, 11) is 0. The fourth-order valence-corrected chi connectivity index (χ4v) is 3.06. The molecule has 1 amide bonds. The van der Waals surface area contributed by atoms with Gasteiger partial charge < -0.3 is 35.2 Å². The Bertz CT molecular complexity index is 956. The van der Waals surface area contributed by atoms with E-state index in [2.05, 4.69) is 5.32 Å². The number of aromatic hydroxyl groups is 1. The number of hydrogen-bond donors (Lipinski definition) is 5. The van der Waals surface area contributed by atoms with E-state index in [1.165, 1.54) is 37.3 Å². The minimum atomic E-state index is -1.62. The summed E-state index contributed by atoms with van der Waals surface area (Å²) in [5, 5.41) is 43.1. The average molecular weight is 478 g/mol. The third-order valence-corrected chi connectivity index (χ3v) is 5.28. The van der Waals surface area contributed by atoms with Crippen LogP contribution >= 0.6 is 0 Å². The first-order valence-corrected chi connectivity index (χ1v) is 10.9. The van der Waals surface area contributed by atoms with Crippen LogP contribution in [-0.2, 0) is 14.3 Å². The van der Waals surface area contributed by atoms with E-state index in [0.29, 0.717) is 0 Å². The van der Waals surface area contributed by atoms with Gasteiger partial charge in [-0.3, -0.25) is 9.59 Å². The van der Waals surface area contributed by atoms with E-state index in [-0.39, 0.29) is 42.4 Å². The number of phenols is 1. The number of amides is 1. The lowest BCUT2D eigenvalue weighted by molar-refractivity contribution is -0.127. The van der Waals surface area contributed by atoms with E-state index >= 15 is 0 Å².